The van der Waals surface area contributed by atoms with Crippen molar-refractivity contribution in [2.45, 2.75) is 31.2 Å². The Morgan fingerprint density at radius 2 is 1.91 bits per heavy atom. The van der Waals surface area contributed by atoms with Crippen LogP contribution in [-0.2, 0) is 21.4 Å². The van der Waals surface area contributed by atoms with Gasteiger partial charge < -0.3 is 9.30 Å². The molecule has 0 radical (unpaired) electrons. The predicted molar refractivity (Wildman–Crippen MR) is 128 cm³/mol. The van der Waals surface area contributed by atoms with Gasteiger partial charge in [-0.15, -0.1) is 6.42 Å². The zero-order chi connectivity index (χ0) is 23.6. The van der Waals surface area contributed by atoms with Crippen LogP contribution >= 0.6 is 11.3 Å². The quantitative estimate of drug-likeness (QED) is 0.522. The summed E-state index contributed by atoms with van der Waals surface area (Å²) in [7, 11) is -2.09. The molecule has 3 aromatic rings. The average molecular weight is 484 g/mol. The van der Waals surface area contributed by atoms with E-state index < -0.39 is 10.0 Å². The number of carbonyl (C=O) groups excluding carboxylic acids is 1. The third kappa shape index (κ3) is 4.74. The average Bonchev–Trinajstić information content (AvgIpc) is 3.15. The number of amides is 1. The lowest BCUT2D eigenvalue weighted by Gasteiger charge is -2.29. The van der Waals surface area contributed by atoms with E-state index in [9.17, 15) is 13.2 Å². The molecule has 1 fully saturated rings. The summed E-state index contributed by atoms with van der Waals surface area (Å²) >= 11 is 1.44. The van der Waals surface area contributed by atoms with Gasteiger partial charge in [-0.2, -0.15) is 9.30 Å². The number of carbonyl (C=O) groups is 1. The number of thiazole rings is 1. The summed E-state index contributed by atoms with van der Waals surface area (Å²) in [5.41, 5.74) is 2.08. The molecule has 172 valence electrons. The van der Waals surface area contributed by atoms with E-state index in [0.717, 1.165) is 15.8 Å². The van der Waals surface area contributed by atoms with Crippen molar-refractivity contribution in [2.75, 3.05) is 20.2 Å². The van der Waals surface area contributed by atoms with Gasteiger partial charge in [-0.05, 0) is 61.7 Å². The number of hydrogen-bond donors (Lipinski definition) is 0. The van der Waals surface area contributed by atoms with Crippen molar-refractivity contribution in [1.29, 1.82) is 0 Å². The number of nitrogens with zero attached hydrogens (tertiary/aromatic N) is 3. The van der Waals surface area contributed by atoms with Crippen LogP contribution in [0.25, 0.3) is 10.2 Å². The van der Waals surface area contributed by atoms with Crippen LogP contribution in [-0.4, -0.2) is 43.4 Å². The third-order valence-corrected chi connectivity index (χ3v) is 8.75. The van der Waals surface area contributed by atoms with Crippen LogP contribution < -0.4 is 9.54 Å². The second kappa shape index (κ2) is 9.51. The van der Waals surface area contributed by atoms with E-state index in [0.29, 0.717) is 29.9 Å². The molecule has 1 amide bonds. The first kappa shape index (κ1) is 23.2. The molecule has 0 saturated carbocycles. The number of aryl methyl sites for hydroxylation is 1. The molecule has 0 unspecified atom stereocenters. The molecule has 0 spiro atoms. The van der Waals surface area contributed by atoms with Crippen molar-refractivity contribution in [3.05, 3.63) is 52.8 Å². The Balaban J connectivity index is 1.51. The van der Waals surface area contributed by atoms with Crippen molar-refractivity contribution in [3.63, 3.8) is 0 Å². The molecule has 2 heterocycles. The van der Waals surface area contributed by atoms with E-state index in [4.69, 9.17) is 11.2 Å². The van der Waals surface area contributed by atoms with Crippen LogP contribution in [0.1, 0.15) is 18.4 Å². The summed E-state index contributed by atoms with van der Waals surface area (Å²) in [4.78, 5) is 18.1. The van der Waals surface area contributed by atoms with E-state index in [2.05, 4.69) is 17.0 Å². The number of terminal acetylenes is 1. The highest BCUT2D eigenvalue weighted by atomic mass is 32.2. The van der Waals surface area contributed by atoms with Gasteiger partial charge in [0.2, 0.25) is 10.0 Å². The molecule has 2 aromatic carbocycles. The predicted octanol–water partition coefficient (Wildman–Crippen LogP) is 3.18. The molecular weight excluding hydrogens is 458 g/mol. The molecule has 0 N–H and O–H groups in total. The topological polar surface area (TPSA) is 81.0 Å². The van der Waals surface area contributed by atoms with Crippen LogP contribution in [0, 0.1) is 25.2 Å². The second-order valence-electron chi connectivity index (χ2n) is 7.95. The standard InChI is InChI=1S/C24H25N3O4S2/c1-4-13-27-21-10-5-17(2)16-22(21)32-24(27)25-23(28)18-11-14-26(15-12-18)33(29,30)20-8-6-19(31-3)7-9-20/h1,5-10,16,18H,11-15H2,2-3H3. The lowest BCUT2D eigenvalue weighted by Crippen LogP contribution is -2.40. The molecule has 0 bridgehead atoms. The highest BCUT2D eigenvalue weighted by Crippen LogP contribution is 2.26. The lowest BCUT2D eigenvalue weighted by atomic mass is 9.98. The first-order valence-electron chi connectivity index (χ1n) is 10.6. The molecule has 33 heavy (non-hydrogen) atoms. The van der Waals surface area contributed by atoms with Gasteiger partial charge in [-0.25, -0.2) is 8.42 Å². The fourth-order valence-electron chi connectivity index (χ4n) is 3.94. The number of fused-ring (bicyclic) bond motifs is 1. The number of ether oxygens (including phenoxy) is 1. The molecule has 9 heteroatoms. The van der Waals surface area contributed by atoms with E-state index in [1.54, 1.807) is 12.1 Å². The molecule has 1 saturated heterocycles. The van der Waals surface area contributed by atoms with Gasteiger partial charge in [0.05, 0.1) is 28.8 Å². The summed E-state index contributed by atoms with van der Waals surface area (Å²) in [6, 6.07) is 12.4. The smallest absolute Gasteiger partial charge is 0.251 e. The maximum atomic E-state index is 13.0. The molecule has 1 aliphatic rings. The first-order valence-corrected chi connectivity index (χ1v) is 12.9. The number of sulfonamides is 1. The highest BCUT2D eigenvalue weighted by molar-refractivity contribution is 7.89. The van der Waals surface area contributed by atoms with Gasteiger partial charge in [-0.3, -0.25) is 4.79 Å². The molecule has 7 nitrogen and oxygen atoms in total. The number of piperidine rings is 1. The normalized spacial score (nSPS) is 16.1. The van der Waals surface area contributed by atoms with Crippen LogP contribution in [0.2, 0.25) is 0 Å². The Morgan fingerprint density at radius 3 is 2.55 bits per heavy atom. The Labute approximate surface area is 197 Å². The number of methoxy groups -OCH3 is 1. The Hall–Kier alpha value is -2.93. The molecule has 1 aromatic heterocycles. The molecule has 0 atom stereocenters. The summed E-state index contributed by atoms with van der Waals surface area (Å²) in [6.07, 6.45) is 6.40. The zero-order valence-corrected chi connectivity index (χ0v) is 20.2. The van der Waals surface area contributed by atoms with Crippen LogP contribution in [0.4, 0.5) is 0 Å². The number of aromatic nitrogens is 1. The maximum absolute atomic E-state index is 13.0. The van der Waals surface area contributed by atoms with Crippen molar-refractivity contribution in [1.82, 2.24) is 8.87 Å². The summed E-state index contributed by atoms with van der Waals surface area (Å²) in [5.74, 6) is 2.68. The van der Waals surface area contributed by atoms with Gasteiger partial charge in [0.1, 0.15) is 5.75 Å². The molecule has 1 aliphatic heterocycles. The highest BCUT2D eigenvalue weighted by Gasteiger charge is 2.32. The minimum atomic E-state index is -3.62. The van der Waals surface area contributed by atoms with E-state index >= 15 is 0 Å². The fraction of sp³-hybridized carbons (Fsp3) is 0.333. The van der Waals surface area contributed by atoms with Crippen LogP contribution in [0.5, 0.6) is 5.75 Å². The SMILES string of the molecule is C#CCn1c(=NC(=O)C2CCN(S(=O)(=O)c3ccc(OC)cc3)CC2)sc2cc(C)ccc21. The van der Waals surface area contributed by atoms with Crippen molar-refractivity contribution in [3.8, 4) is 18.1 Å². The van der Waals surface area contributed by atoms with Crippen molar-refractivity contribution >= 4 is 37.5 Å². The van der Waals surface area contributed by atoms with Gasteiger partial charge in [0.15, 0.2) is 4.80 Å². The zero-order valence-electron chi connectivity index (χ0n) is 18.5. The minimum absolute atomic E-state index is 0.216. The number of benzene rings is 2. The molecule has 0 aliphatic carbocycles. The van der Waals surface area contributed by atoms with Crippen molar-refractivity contribution < 1.29 is 17.9 Å². The lowest BCUT2D eigenvalue weighted by molar-refractivity contribution is -0.122. The van der Waals surface area contributed by atoms with Gasteiger partial charge >= 0.3 is 0 Å². The number of rotatable bonds is 5. The van der Waals surface area contributed by atoms with Gasteiger partial charge in [-0.1, -0.05) is 23.3 Å². The third-order valence-electron chi connectivity index (χ3n) is 5.79. The van der Waals surface area contributed by atoms with E-state index in [1.807, 2.05) is 23.6 Å². The van der Waals surface area contributed by atoms with E-state index in [-0.39, 0.29) is 29.8 Å². The van der Waals surface area contributed by atoms with E-state index in [1.165, 1.54) is 34.9 Å². The monoisotopic (exact) mass is 483 g/mol. The largest absolute Gasteiger partial charge is 0.497 e. The van der Waals surface area contributed by atoms with Crippen molar-refractivity contribution in [2.24, 2.45) is 10.9 Å². The summed E-state index contributed by atoms with van der Waals surface area (Å²) in [6.45, 7) is 2.89. The van der Waals surface area contributed by atoms with Gasteiger partial charge in [0.25, 0.3) is 5.91 Å². The second-order valence-corrected chi connectivity index (χ2v) is 10.9. The summed E-state index contributed by atoms with van der Waals surface area (Å²) < 4.78 is 35.3. The maximum Gasteiger partial charge on any atom is 0.251 e. The number of hydrogen-bond acceptors (Lipinski definition) is 5. The Kier molecular flexibility index (Phi) is 6.70. The Morgan fingerprint density at radius 1 is 1.21 bits per heavy atom. The summed E-state index contributed by atoms with van der Waals surface area (Å²) in [5, 5.41) is 0. The fourth-order valence-corrected chi connectivity index (χ4v) is 6.54. The Bertz CT molecular complexity index is 1390. The van der Waals surface area contributed by atoms with Gasteiger partial charge in [0, 0.05) is 19.0 Å². The minimum Gasteiger partial charge on any atom is -0.497 e. The van der Waals surface area contributed by atoms with Crippen LogP contribution in [0.3, 0.4) is 0 Å². The van der Waals surface area contributed by atoms with Crippen LogP contribution in [0.15, 0.2) is 52.4 Å². The molecular formula is C24H25N3O4S2. The molecule has 4 rings (SSSR count). The first-order chi connectivity index (χ1) is 15.8.